The number of unbranched alkanes of at least 4 members (excludes halogenated alkanes) is 3. The summed E-state index contributed by atoms with van der Waals surface area (Å²) in [5, 5.41) is 0. The molecule has 0 aromatic rings. The van der Waals surface area contributed by atoms with Crippen LogP contribution in [0.4, 0.5) is 0 Å². The fourth-order valence-corrected chi connectivity index (χ4v) is 0.699. The van der Waals surface area contributed by atoms with Gasteiger partial charge < -0.3 is 0 Å². The predicted octanol–water partition coefficient (Wildman–Crippen LogP) is 3.19. The number of hydrogen-bond acceptors (Lipinski definition) is 0. The number of rotatable bonds is 3. The van der Waals surface area contributed by atoms with Crippen LogP contribution in [0.1, 0.15) is 46.0 Å². The van der Waals surface area contributed by atoms with E-state index in [2.05, 4.69) is 37.5 Å². The van der Waals surface area contributed by atoms with Gasteiger partial charge in [0, 0.05) is 25.7 Å². The fourth-order valence-electron chi connectivity index (χ4n) is 0.699. The van der Waals surface area contributed by atoms with E-state index in [1.807, 2.05) is 6.42 Å². The van der Waals surface area contributed by atoms with Crippen molar-refractivity contribution in [2.24, 2.45) is 0 Å². The quantitative estimate of drug-likeness (QED) is 0.440. The van der Waals surface area contributed by atoms with E-state index in [0.717, 1.165) is 32.1 Å². The summed E-state index contributed by atoms with van der Waals surface area (Å²) < 4.78 is 0. The van der Waals surface area contributed by atoms with E-state index in [1.165, 1.54) is 0 Å². The first-order valence-corrected chi connectivity index (χ1v) is 4.67. The monoisotopic (exact) mass is 161 g/mol. The van der Waals surface area contributed by atoms with Gasteiger partial charge in [-0.3, -0.25) is 0 Å². The van der Waals surface area contributed by atoms with Crippen molar-refractivity contribution in [2.45, 2.75) is 46.0 Å². The topological polar surface area (TPSA) is 0 Å². The van der Waals surface area contributed by atoms with E-state index >= 15 is 0 Å². The van der Waals surface area contributed by atoms with Crippen molar-refractivity contribution in [1.82, 2.24) is 0 Å². The van der Waals surface area contributed by atoms with Gasteiger partial charge in [0.15, 0.2) is 0 Å². The highest BCUT2D eigenvalue weighted by Crippen LogP contribution is 1.91. The maximum absolute atomic E-state index is 3.08. The Hall–Kier alpha value is -0.880. The third kappa shape index (κ3) is 9.12. The Morgan fingerprint density at radius 3 is 2.50 bits per heavy atom. The molecule has 0 aliphatic rings. The van der Waals surface area contributed by atoms with Gasteiger partial charge in [-0.05, 0) is 12.8 Å². The molecule has 0 heterocycles. The van der Waals surface area contributed by atoms with Gasteiger partial charge in [0.25, 0.3) is 0 Å². The SMILES string of the molecule is CCC#CCC[CH]C#CCCC. The largest absolute Gasteiger partial charge is 0.104 e. The molecule has 0 bridgehead atoms. The predicted molar refractivity (Wildman–Crippen MR) is 54.3 cm³/mol. The van der Waals surface area contributed by atoms with Crippen LogP contribution in [-0.2, 0) is 0 Å². The van der Waals surface area contributed by atoms with Crippen molar-refractivity contribution >= 4 is 0 Å². The summed E-state index contributed by atoms with van der Waals surface area (Å²) in [4.78, 5) is 0. The molecule has 0 nitrogen and oxygen atoms in total. The van der Waals surface area contributed by atoms with Crippen LogP contribution in [0.25, 0.3) is 0 Å². The highest BCUT2D eigenvalue weighted by Gasteiger charge is 1.79. The van der Waals surface area contributed by atoms with E-state index in [4.69, 9.17) is 0 Å². The smallest absolute Gasteiger partial charge is 0.0349 e. The minimum Gasteiger partial charge on any atom is -0.104 e. The summed E-state index contributed by atoms with van der Waals surface area (Å²) in [6, 6.07) is 0. The summed E-state index contributed by atoms with van der Waals surface area (Å²) in [7, 11) is 0. The van der Waals surface area contributed by atoms with Gasteiger partial charge >= 0.3 is 0 Å². The average molecular weight is 161 g/mol. The zero-order valence-corrected chi connectivity index (χ0v) is 8.11. The molecule has 0 aromatic heterocycles. The summed E-state index contributed by atoms with van der Waals surface area (Å²) in [6.07, 6.45) is 7.09. The second-order valence-electron chi connectivity index (χ2n) is 2.52. The molecule has 0 saturated carbocycles. The van der Waals surface area contributed by atoms with Crippen LogP contribution < -0.4 is 0 Å². The van der Waals surface area contributed by atoms with Gasteiger partial charge in [0.2, 0.25) is 0 Å². The van der Waals surface area contributed by atoms with Crippen LogP contribution >= 0.6 is 0 Å². The minimum absolute atomic E-state index is 0.953. The van der Waals surface area contributed by atoms with Crippen molar-refractivity contribution < 1.29 is 0 Å². The highest BCUT2D eigenvalue weighted by atomic mass is 13.8. The van der Waals surface area contributed by atoms with Gasteiger partial charge in [-0.1, -0.05) is 19.8 Å². The second-order valence-corrected chi connectivity index (χ2v) is 2.52. The Bertz CT molecular complexity index is 192. The standard InChI is InChI=1S/C12H17/c1-3-5-7-9-11-12-10-8-6-4-2/h11H,3-5,10,12H2,1-2H3. The van der Waals surface area contributed by atoms with E-state index in [0.29, 0.717) is 0 Å². The Labute approximate surface area is 76.8 Å². The fraction of sp³-hybridized carbons (Fsp3) is 0.583. The van der Waals surface area contributed by atoms with Gasteiger partial charge in [0.1, 0.15) is 0 Å². The van der Waals surface area contributed by atoms with Gasteiger partial charge in [-0.2, -0.15) is 0 Å². The Balaban J connectivity index is 3.17. The zero-order chi connectivity index (χ0) is 9.07. The Morgan fingerprint density at radius 2 is 1.83 bits per heavy atom. The van der Waals surface area contributed by atoms with Crippen LogP contribution in [-0.4, -0.2) is 0 Å². The molecular weight excluding hydrogens is 144 g/mol. The first kappa shape index (κ1) is 11.1. The summed E-state index contributed by atoms with van der Waals surface area (Å²) in [5.41, 5.74) is 0. The molecule has 0 spiro atoms. The highest BCUT2D eigenvalue weighted by molar-refractivity contribution is 5.10. The van der Waals surface area contributed by atoms with Gasteiger partial charge in [-0.25, -0.2) is 0 Å². The first-order valence-electron chi connectivity index (χ1n) is 4.67. The van der Waals surface area contributed by atoms with E-state index < -0.39 is 0 Å². The van der Waals surface area contributed by atoms with Crippen LogP contribution in [0.3, 0.4) is 0 Å². The Morgan fingerprint density at radius 1 is 1.00 bits per heavy atom. The minimum atomic E-state index is 0.953. The maximum Gasteiger partial charge on any atom is 0.0349 e. The molecule has 0 amide bonds. The molecule has 0 saturated heterocycles. The van der Waals surface area contributed by atoms with Gasteiger partial charge in [-0.15, -0.1) is 17.8 Å². The molecule has 1 radical (unpaired) electrons. The molecular formula is C12H17. The normalized spacial score (nSPS) is 7.83. The lowest BCUT2D eigenvalue weighted by atomic mass is 10.2. The molecule has 12 heavy (non-hydrogen) atoms. The summed E-state index contributed by atoms with van der Waals surface area (Å²) >= 11 is 0. The second kappa shape index (κ2) is 10.1. The van der Waals surface area contributed by atoms with E-state index in [1.54, 1.807) is 0 Å². The van der Waals surface area contributed by atoms with Gasteiger partial charge in [0.05, 0.1) is 0 Å². The molecule has 65 valence electrons. The van der Waals surface area contributed by atoms with Crippen LogP contribution in [0, 0.1) is 30.1 Å². The van der Waals surface area contributed by atoms with Crippen LogP contribution in [0.2, 0.25) is 0 Å². The van der Waals surface area contributed by atoms with Crippen molar-refractivity contribution in [3.8, 4) is 23.7 Å². The first-order chi connectivity index (χ1) is 5.91. The maximum atomic E-state index is 3.08. The molecule has 0 aromatic carbocycles. The molecule has 0 aliphatic carbocycles. The lowest BCUT2D eigenvalue weighted by Gasteiger charge is -1.83. The van der Waals surface area contributed by atoms with Crippen molar-refractivity contribution in [1.29, 1.82) is 0 Å². The van der Waals surface area contributed by atoms with E-state index in [9.17, 15) is 0 Å². The molecule has 0 rings (SSSR count). The average Bonchev–Trinajstić information content (AvgIpc) is 2.10. The van der Waals surface area contributed by atoms with Crippen LogP contribution in [0.5, 0.6) is 0 Å². The third-order valence-electron chi connectivity index (χ3n) is 1.29. The number of hydrogen-bond donors (Lipinski definition) is 0. The lowest BCUT2D eigenvalue weighted by Crippen LogP contribution is -1.71. The summed E-state index contributed by atoms with van der Waals surface area (Å²) in [5.74, 6) is 12.2. The molecule has 0 heteroatoms. The third-order valence-corrected chi connectivity index (χ3v) is 1.29. The van der Waals surface area contributed by atoms with E-state index in [-0.39, 0.29) is 0 Å². The van der Waals surface area contributed by atoms with Crippen LogP contribution in [0.15, 0.2) is 0 Å². The molecule has 0 fully saturated rings. The zero-order valence-electron chi connectivity index (χ0n) is 8.11. The lowest BCUT2D eigenvalue weighted by molar-refractivity contribution is 0.980. The molecule has 0 atom stereocenters. The molecule has 0 aliphatic heterocycles. The summed E-state index contributed by atoms with van der Waals surface area (Å²) in [6.45, 7) is 4.21. The van der Waals surface area contributed by atoms with Crippen molar-refractivity contribution in [3.63, 3.8) is 0 Å². The Kier molecular flexibility index (Phi) is 9.38. The van der Waals surface area contributed by atoms with Crippen molar-refractivity contribution in [3.05, 3.63) is 6.42 Å². The molecule has 0 unspecified atom stereocenters. The molecule has 0 N–H and O–H groups in total. The van der Waals surface area contributed by atoms with Crippen molar-refractivity contribution in [2.75, 3.05) is 0 Å².